The van der Waals surface area contributed by atoms with E-state index in [2.05, 4.69) is 26.0 Å². The average molecular weight is 426 g/mol. The Labute approximate surface area is 178 Å². The molecule has 0 bridgehead atoms. The van der Waals surface area contributed by atoms with Gasteiger partial charge in [-0.3, -0.25) is 4.79 Å². The highest BCUT2D eigenvalue weighted by Crippen LogP contribution is 2.19. The molecule has 156 valence electrons. The molecule has 1 aromatic heterocycles. The fraction of sp³-hybridized carbons (Fsp3) is 0.200. The van der Waals surface area contributed by atoms with Crippen LogP contribution >= 0.6 is 11.8 Å². The van der Waals surface area contributed by atoms with Gasteiger partial charge < -0.3 is 15.9 Å². The largest absolute Gasteiger partial charge is 0.497 e. The Bertz CT molecular complexity index is 1070. The molecule has 0 saturated carbocycles. The predicted molar refractivity (Wildman–Crippen MR) is 120 cm³/mol. The number of methoxy groups -OCH3 is 1. The summed E-state index contributed by atoms with van der Waals surface area (Å²) in [6, 6.07) is 13.3. The molecule has 2 aromatic carbocycles. The molecule has 30 heavy (non-hydrogen) atoms. The minimum Gasteiger partial charge on any atom is -0.497 e. The van der Waals surface area contributed by atoms with E-state index in [1.165, 1.54) is 16.4 Å². The maximum Gasteiger partial charge on any atom is 0.264 e. The van der Waals surface area contributed by atoms with Gasteiger partial charge in [0.05, 0.1) is 19.1 Å². The maximum absolute atomic E-state index is 12.3. The van der Waals surface area contributed by atoms with Crippen LogP contribution in [-0.2, 0) is 4.79 Å². The van der Waals surface area contributed by atoms with Crippen molar-refractivity contribution in [1.82, 2.24) is 14.9 Å². The number of rotatable bonds is 8. The lowest BCUT2D eigenvalue weighted by molar-refractivity contribution is -0.113. The van der Waals surface area contributed by atoms with Gasteiger partial charge >= 0.3 is 0 Å². The van der Waals surface area contributed by atoms with Crippen LogP contribution in [0.2, 0.25) is 0 Å². The SMILES string of the molecule is COc1cccc(/C=N/Nc2nnc(SCC(=O)Nc3cc(C)ccc3C)n2N)c1. The van der Waals surface area contributed by atoms with E-state index in [1.54, 1.807) is 13.3 Å². The van der Waals surface area contributed by atoms with Crippen molar-refractivity contribution in [3.63, 3.8) is 0 Å². The van der Waals surface area contributed by atoms with Crippen molar-refractivity contribution in [2.75, 3.05) is 29.4 Å². The Morgan fingerprint density at radius 1 is 1.27 bits per heavy atom. The molecule has 0 atom stereocenters. The Hall–Kier alpha value is -3.53. The van der Waals surface area contributed by atoms with Crippen LogP contribution in [0.25, 0.3) is 0 Å². The number of nitrogens with two attached hydrogens (primary N) is 1. The second-order valence-corrected chi connectivity index (χ2v) is 7.42. The number of aryl methyl sites for hydroxylation is 2. The fourth-order valence-corrected chi connectivity index (χ4v) is 3.18. The van der Waals surface area contributed by atoms with Crippen LogP contribution in [0.3, 0.4) is 0 Å². The van der Waals surface area contributed by atoms with Gasteiger partial charge in [0.1, 0.15) is 5.75 Å². The van der Waals surface area contributed by atoms with Crippen molar-refractivity contribution in [2.45, 2.75) is 19.0 Å². The first kappa shape index (κ1) is 21.2. The number of aromatic nitrogens is 3. The standard InChI is InChI=1S/C20H23N7O2S/c1-13-7-8-14(2)17(9-13)23-18(28)12-30-20-26-25-19(27(20)21)24-22-11-15-5-4-6-16(10-15)29-3/h4-11H,12,21H2,1-3H3,(H,23,28)(H,24,25)/b22-11+. The molecule has 9 nitrogen and oxygen atoms in total. The van der Waals surface area contributed by atoms with E-state index >= 15 is 0 Å². The summed E-state index contributed by atoms with van der Waals surface area (Å²) in [7, 11) is 1.60. The molecule has 0 spiro atoms. The maximum atomic E-state index is 12.3. The first-order chi connectivity index (χ1) is 14.5. The normalized spacial score (nSPS) is 10.9. The van der Waals surface area contributed by atoms with Gasteiger partial charge in [0.25, 0.3) is 5.95 Å². The van der Waals surface area contributed by atoms with E-state index in [4.69, 9.17) is 10.6 Å². The van der Waals surface area contributed by atoms with Gasteiger partial charge in [-0.1, -0.05) is 36.0 Å². The van der Waals surface area contributed by atoms with E-state index in [-0.39, 0.29) is 17.6 Å². The molecule has 0 aliphatic heterocycles. The second kappa shape index (κ2) is 9.79. The molecule has 1 amide bonds. The molecule has 0 radical (unpaired) electrons. The monoisotopic (exact) mass is 425 g/mol. The van der Waals surface area contributed by atoms with Gasteiger partial charge in [-0.15, -0.1) is 10.2 Å². The van der Waals surface area contributed by atoms with Crippen molar-refractivity contribution in [1.29, 1.82) is 0 Å². The summed E-state index contributed by atoms with van der Waals surface area (Å²) in [5.74, 6) is 6.98. The second-order valence-electron chi connectivity index (χ2n) is 6.48. The summed E-state index contributed by atoms with van der Waals surface area (Å²) in [5.41, 5.74) is 6.47. The van der Waals surface area contributed by atoms with Crippen molar-refractivity contribution < 1.29 is 9.53 Å². The summed E-state index contributed by atoms with van der Waals surface area (Å²) in [6.45, 7) is 3.93. The first-order valence-corrected chi connectivity index (χ1v) is 10.1. The molecule has 0 aliphatic carbocycles. The van der Waals surface area contributed by atoms with E-state index in [9.17, 15) is 4.79 Å². The number of benzene rings is 2. The van der Waals surface area contributed by atoms with Crippen molar-refractivity contribution in [3.05, 3.63) is 59.2 Å². The van der Waals surface area contributed by atoms with Crippen LogP contribution in [-0.4, -0.2) is 39.9 Å². The summed E-state index contributed by atoms with van der Waals surface area (Å²) < 4.78 is 6.42. The highest BCUT2D eigenvalue weighted by atomic mass is 32.2. The third kappa shape index (κ3) is 5.51. The zero-order chi connectivity index (χ0) is 21.5. The Balaban J connectivity index is 1.55. The molecule has 0 unspecified atom stereocenters. The number of amides is 1. The number of hydrazone groups is 1. The van der Waals surface area contributed by atoms with Gasteiger partial charge in [-0.2, -0.15) is 5.10 Å². The molecule has 4 N–H and O–H groups in total. The molecule has 0 fully saturated rings. The minimum atomic E-state index is -0.151. The van der Waals surface area contributed by atoms with Gasteiger partial charge in [0.15, 0.2) is 0 Å². The third-order valence-corrected chi connectivity index (χ3v) is 5.08. The summed E-state index contributed by atoms with van der Waals surface area (Å²) in [4.78, 5) is 12.3. The summed E-state index contributed by atoms with van der Waals surface area (Å²) in [5, 5.41) is 15.4. The fourth-order valence-electron chi connectivity index (χ4n) is 2.52. The van der Waals surface area contributed by atoms with E-state index in [0.29, 0.717) is 5.16 Å². The van der Waals surface area contributed by atoms with Crippen molar-refractivity contribution in [2.24, 2.45) is 5.10 Å². The zero-order valence-electron chi connectivity index (χ0n) is 16.9. The molecule has 3 rings (SSSR count). The number of ether oxygens (including phenoxy) is 1. The van der Waals surface area contributed by atoms with Crippen molar-refractivity contribution in [3.8, 4) is 5.75 Å². The average Bonchev–Trinajstić information content (AvgIpc) is 3.09. The van der Waals surface area contributed by atoms with Crippen molar-refractivity contribution >= 4 is 35.5 Å². The minimum absolute atomic E-state index is 0.149. The highest BCUT2D eigenvalue weighted by Gasteiger charge is 2.12. The molecule has 0 saturated heterocycles. The third-order valence-electron chi connectivity index (χ3n) is 4.14. The van der Waals surface area contributed by atoms with Crippen LogP contribution in [0.1, 0.15) is 16.7 Å². The van der Waals surface area contributed by atoms with Gasteiger partial charge in [-0.05, 0) is 48.7 Å². The number of nitrogens with zero attached hydrogens (tertiary/aromatic N) is 4. The Kier molecular flexibility index (Phi) is 6.91. The van der Waals surface area contributed by atoms with Crippen LogP contribution < -0.4 is 21.3 Å². The summed E-state index contributed by atoms with van der Waals surface area (Å²) in [6.07, 6.45) is 1.61. The molecular formula is C20H23N7O2S. The number of carbonyl (C=O) groups is 1. The number of hydrogen-bond acceptors (Lipinski definition) is 8. The van der Waals surface area contributed by atoms with Crippen LogP contribution in [0, 0.1) is 13.8 Å². The number of carbonyl (C=O) groups excluding carboxylic acids is 1. The lowest BCUT2D eigenvalue weighted by Gasteiger charge is -2.09. The van der Waals surface area contributed by atoms with Crippen LogP contribution in [0.15, 0.2) is 52.7 Å². The van der Waals surface area contributed by atoms with E-state index < -0.39 is 0 Å². The van der Waals surface area contributed by atoms with Gasteiger partial charge in [0.2, 0.25) is 11.1 Å². The van der Waals surface area contributed by atoms with Crippen LogP contribution in [0.4, 0.5) is 11.6 Å². The number of thioether (sulfide) groups is 1. The molecule has 0 aliphatic rings. The lowest BCUT2D eigenvalue weighted by atomic mass is 10.1. The Morgan fingerprint density at radius 2 is 2.10 bits per heavy atom. The number of hydrogen-bond donors (Lipinski definition) is 3. The quantitative estimate of drug-likeness (QED) is 0.220. The summed E-state index contributed by atoms with van der Waals surface area (Å²) >= 11 is 1.18. The number of nitrogen functional groups attached to an aromatic ring is 1. The molecular weight excluding hydrogens is 402 g/mol. The Morgan fingerprint density at radius 3 is 2.90 bits per heavy atom. The first-order valence-electron chi connectivity index (χ1n) is 9.10. The highest BCUT2D eigenvalue weighted by molar-refractivity contribution is 7.99. The van der Waals surface area contributed by atoms with Gasteiger partial charge in [-0.25, -0.2) is 10.1 Å². The van der Waals surface area contributed by atoms with E-state index in [1.807, 2.05) is 56.3 Å². The predicted octanol–water partition coefficient (Wildman–Crippen LogP) is 2.79. The van der Waals surface area contributed by atoms with Gasteiger partial charge in [0, 0.05) is 5.69 Å². The smallest absolute Gasteiger partial charge is 0.264 e. The number of anilines is 2. The van der Waals surface area contributed by atoms with E-state index in [0.717, 1.165) is 28.1 Å². The molecule has 3 aromatic rings. The van der Waals surface area contributed by atoms with Crippen LogP contribution in [0.5, 0.6) is 5.75 Å². The number of nitrogens with one attached hydrogen (secondary N) is 2. The lowest BCUT2D eigenvalue weighted by Crippen LogP contribution is -2.17. The zero-order valence-corrected chi connectivity index (χ0v) is 17.7. The molecule has 10 heteroatoms. The topological polar surface area (TPSA) is 119 Å². The molecule has 1 heterocycles.